The molecule has 0 aliphatic rings. The number of hydrogen-bond donors (Lipinski definition) is 2. The smallest absolute Gasteiger partial charge is 0.226 e. The van der Waals surface area contributed by atoms with Gasteiger partial charge >= 0.3 is 0 Å². The lowest BCUT2D eigenvalue weighted by atomic mass is 10.2. The van der Waals surface area contributed by atoms with E-state index in [9.17, 15) is 9.18 Å². The summed E-state index contributed by atoms with van der Waals surface area (Å²) >= 11 is 0. The van der Waals surface area contributed by atoms with Crippen LogP contribution in [0.3, 0.4) is 0 Å². The van der Waals surface area contributed by atoms with Crippen LogP contribution < -0.4 is 10.6 Å². The average Bonchev–Trinajstić information content (AvgIpc) is 3.24. The number of rotatable bonds is 6. The number of nitrogens with one attached hydrogen (secondary N) is 2. The number of halogens is 1. The van der Waals surface area contributed by atoms with Crippen molar-refractivity contribution >= 4 is 28.3 Å². The van der Waals surface area contributed by atoms with Gasteiger partial charge in [0, 0.05) is 24.0 Å². The van der Waals surface area contributed by atoms with E-state index in [1.165, 1.54) is 24.3 Å². The molecule has 4 rings (SSSR count). The van der Waals surface area contributed by atoms with Crippen LogP contribution in [-0.4, -0.2) is 22.4 Å². The van der Waals surface area contributed by atoms with Gasteiger partial charge in [-0.25, -0.2) is 14.4 Å². The first kappa shape index (κ1) is 17.7. The summed E-state index contributed by atoms with van der Waals surface area (Å²) in [4.78, 5) is 21.2. The SMILES string of the molecule is O=C(CCNc1nc(-c2ccco2)nc2ccccc12)Nc1ccc(F)cc1. The van der Waals surface area contributed by atoms with Gasteiger partial charge in [-0.1, -0.05) is 12.1 Å². The van der Waals surface area contributed by atoms with Crippen molar-refractivity contribution in [1.29, 1.82) is 0 Å². The fourth-order valence-corrected chi connectivity index (χ4v) is 2.78. The molecule has 0 fully saturated rings. The molecule has 2 N–H and O–H groups in total. The third kappa shape index (κ3) is 3.98. The summed E-state index contributed by atoms with van der Waals surface area (Å²) in [6, 6.07) is 16.9. The van der Waals surface area contributed by atoms with Crippen molar-refractivity contribution in [3.8, 4) is 11.6 Å². The highest BCUT2D eigenvalue weighted by atomic mass is 19.1. The molecule has 6 nitrogen and oxygen atoms in total. The quantitative estimate of drug-likeness (QED) is 0.519. The minimum Gasteiger partial charge on any atom is -0.461 e. The van der Waals surface area contributed by atoms with Crippen LogP contribution >= 0.6 is 0 Å². The number of fused-ring (bicyclic) bond motifs is 1. The second-order valence-corrected chi connectivity index (χ2v) is 6.12. The van der Waals surface area contributed by atoms with Gasteiger partial charge in [-0.3, -0.25) is 4.79 Å². The van der Waals surface area contributed by atoms with Crippen molar-refractivity contribution in [2.24, 2.45) is 0 Å². The molecule has 0 unspecified atom stereocenters. The van der Waals surface area contributed by atoms with E-state index in [1.807, 2.05) is 24.3 Å². The molecule has 0 atom stereocenters. The van der Waals surface area contributed by atoms with Crippen molar-refractivity contribution in [3.63, 3.8) is 0 Å². The number of hydrogen-bond acceptors (Lipinski definition) is 5. The molecule has 4 aromatic rings. The normalized spacial score (nSPS) is 10.8. The van der Waals surface area contributed by atoms with Crippen LogP contribution in [0.25, 0.3) is 22.5 Å². The predicted octanol–water partition coefficient (Wildman–Crippen LogP) is 4.47. The summed E-state index contributed by atoms with van der Waals surface area (Å²) in [5.74, 6) is 1.16. The number of anilines is 2. The van der Waals surface area contributed by atoms with E-state index in [0.29, 0.717) is 29.6 Å². The Morgan fingerprint density at radius 2 is 1.82 bits per heavy atom. The molecule has 0 saturated heterocycles. The first-order valence-electron chi connectivity index (χ1n) is 8.79. The maximum absolute atomic E-state index is 12.9. The maximum atomic E-state index is 12.9. The maximum Gasteiger partial charge on any atom is 0.226 e. The van der Waals surface area contributed by atoms with Crippen molar-refractivity contribution in [3.05, 3.63) is 72.7 Å². The minimum atomic E-state index is -0.345. The van der Waals surface area contributed by atoms with Crippen molar-refractivity contribution < 1.29 is 13.6 Å². The van der Waals surface area contributed by atoms with Crippen molar-refractivity contribution in [2.45, 2.75) is 6.42 Å². The molecule has 1 amide bonds. The molecule has 28 heavy (non-hydrogen) atoms. The highest BCUT2D eigenvalue weighted by Gasteiger charge is 2.11. The van der Waals surface area contributed by atoms with Crippen LogP contribution in [0.2, 0.25) is 0 Å². The molecular formula is C21H17FN4O2. The topological polar surface area (TPSA) is 80.1 Å². The van der Waals surface area contributed by atoms with E-state index < -0.39 is 0 Å². The van der Waals surface area contributed by atoms with Gasteiger partial charge in [-0.05, 0) is 48.5 Å². The van der Waals surface area contributed by atoms with Gasteiger partial charge < -0.3 is 15.1 Å². The lowest BCUT2D eigenvalue weighted by Crippen LogP contribution is -2.16. The van der Waals surface area contributed by atoms with E-state index in [4.69, 9.17) is 4.42 Å². The standard InChI is InChI=1S/C21H17FN4O2/c22-14-7-9-15(10-8-14)24-19(27)11-12-23-20-16-4-1-2-5-17(16)25-21(26-20)18-6-3-13-28-18/h1-10,13H,11-12H2,(H,24,27)(H,23,25,26). The number of carbonyl (C=O) groups excluding carboxylic acids is 1. The Balaban J connectivity index is 1.46. The summed E-state index contributed by atoms with van der Waals surface area (Å²) in [6.07, 6.45) is 1.80. The van der Waals surface area contributed by atoms with E-state index in [0.717, 1.165) is 10.9 Å². The molecule has 0 aliphatic heterocycles. The molecule has 2 aromatic carbocycles. The zero-order valence-corrected chi connectivity index (χ0v) is 14.9. The number of nitrogens with zero attached hydrogens (tertiary/aromatic N) is 2. The van der Waals surface area contributed by atoms with Crippen LogP contribution in [0.15, 0.2) is 71.3 Å². The second-order valence-electron chi connectivity index (χ2n) is 6.12. The molecule has 2 aromatic heterocycles. The highest BCUT2D eigenvalue weighted by Crippen LogP contribution is 2.25. The minimum absolute atomic E-state index is 0.177. The predicted molar refractivity (Wildman–Crippen MR) is 105 cm³/mol. The van der Waals surface area contributed by atoms with E-state index in [2.05, 4.69) is 20.6 Å². The van der Waals surface area contributed by atoms with Crippen LogP contribution in [0.4, 0.5) is 15.9 Å². The molecule has 0 aliphatic carbocycles. The van der Waals surface area contributed by atoms with Crippen LogP contribution in [-0.2, 0) is 4.79 Å². The Bertz CT molecular complexity index is 1100. The Labute approximate surface area is 160 Å². The number of benzene rings is 2. The van der Waals surface area contributed by atoms with Crippen molar-refractivity contribution in [2.75, 3.05) is 17.2 Å². The van der Waals surface area contributed by atoms with Gasteiger partial charge in [0.1, 0.15) is 11.6 Å². The van der Waals surface area contributed by atoms with E-state index >= 15 is 0 Å². The fraction of sp³-hybridized carbons (Fsp3) is 0.0952. The molecule has 0 bridgehead atoms. The fourth-order valence-electron chi connectivity index (χ4n) is 2.78. The summed E-state index contributed by atoms with van der Waals surface area (Å²) in [6.45, 7) is 0.381. The molecule has 0 radical (unpaired) electrons. The van der Waals surface area contributed by atoms with Gasteiger partial charge in [0.25, 0.3) is 0 Å². The zero-order chi connectivity index (χ0) is 19.3. The number of para-hydroxylation sites is 1. The average molecular weight is 376 g/mol. The number of aromatic nitrogens is 2. The largest absolute Gasteiger partial charge is 0.461 e. The Morgan fingerprint density at radius 3 is 2.61 bits per heavy atom. The lowest BCUT2D eigenvalue weighted by molar-refractivity contribution is -0.115. The van der Waals surface area contributed by atoms with Gasteiger partial charge in [0.2, 0.25) is 5.91 Å². The molecular weight excluding hydrogens is 359 g/mol. The number of carbonyl (C=O) groups is 1. The Kier molecular flexibility index (Phi) is 4.97. The number of furan rings is 1. The molecule has 7 heteroatoms. The first-order valence-corrected chi connectivity index (χ1v) is 8.79. The van der Waals surface area contributed by atoms with E-state index in [1.54, 1.807) is 18.4 Å². The van der Waals surface area contributed by atoms with Gasteiger partial charge in [0.15, 0.2) is 11.6 Å². The summed E-state index contributed by atoms with van der Waals surface area (Å²) in [7, 11) is 0. The first-order chi connectivity index (χ1) is 13.7. The van der Waals surface area contributed by atoms with E-state index in [-0.39, 0.29) is 18.1 Å². The molecule has 0 spiro atoms. The highest BCUT2D eigenvalue weighted by molar-refractivity contribution is 5.92. The van der Waals surface area contributed by atoms with Crippen LogP contribution in [0, 0.1) is 5.82 Å². The molecule has 2 heterocycles. The second kappa shape index (κ2) is 7.87. The Morgan fingerprint density at radius 1 is 1.00 bits per heavy atom. The third-order valence-corrected chi connectivity index (χ3v) is 4.12. The monoisotopic (exact) mass is 376 g/mol. The van der Waals surface area contributed by atoms with Gasteiger partial charge in [-0.15, -0.1) is 0 Å². The summed E-state index contributed by atoms with van der Waals surface area (Å²) in [5.41, 5.74) is 1.33. The van der Waals surface area contributed by atoms with Gasteiger partial charge in [0.05, 0.1) is 11.8 Å². The zero-order valence-electron chi connectivity index (χ0n) is 14.9. The van der Waals surface area contributed by atoms with Gasteiger partial charge in [-0.2, -0.15) is 0 Å². The van der Waals surface area contributed by atoms with Crippen LogP contribution in [0.1, 0.15) is 6.42 Å². The summed E-state index contributed by atoms with van der Waals surface area (Å²) < 4.78 is 18.3. The van der Waals surface area contributed by atoms with Crippen molar-refractivity contribution in [1.82, 2.24) is 9.97 Å². The molecule has 140 valence electrons. The number of amides is 1. The third-order valence-electron chi connectivity index (χ3n) is 4.12. The lowest BCUT2D eigenvalue weighted by Gasteiger charge is -2.10. The molecule has 0 saturated carbocycles. The Hall–Kier alpha value is -3.74. The van der Waals surface area contributed by atoms with Crippen LogP contribution in [0.5, 0.6) is 0 Å². The summed E-state index contributed by atoms with van der Waals surface area (Å²) in [5, 5.41) is 6.79.